The molecule has 2 aliphatic rings. The van der Waals surface area contributed by atoms with Crippen molar-refractivity contribution in [1.29, 1.82) is 0 Å². The van der Waals surface area contributed by atoms with Crippen LogP contribution in [0.3, 0.4) is 0 Å². The number of hydrogen-bond donors (Lipinski definition) is 3. The van der Waals surface area contributed by atoms with E-state index >= 15 is 0 Å². The van der Waals surface area contributed by atoms with Gasteiger partial charge in [0.1, 0.15) is 5.54 Å². The van der Waals surface area contributed by atoms with Crippen LogP contribution in [0.4, 0.5) is 0 Å². The monoisotopic (exact) mass is 440 g/mol. The minimum atomic E-state index is -0.871. The molecule has 1 saturated heterocycles. The highest BCUT2D eigenvalue weighted by Gasteiger charge is 2.63. The molecule has 0 aromatic heterocycles. The van der Waals surface area contributed by atoms with Gasteiger partial charge in [-0.3, -0.25) is 14.5 Å². The van der Waals surface area contributed by atoms with Crippen LogP contribution in [0.1, 0.15) is 53.4 Å². The fourth-order valence-corrected chi connectivity index (χ4v) is 3.89. The molecule has 1 aliphatic heterocycles. The fraction of sp³-hybridized carbons (Fsp3) is 0.895. The number of nitrogens with zero attached hydrogens (tertiary/aromatic N) is 1. The molecule has 0 radical (unpaired) electrons. The smallest absolute Gasteiger partial charge is 0.241 e. The average molecular weight is 441 g/mol. The molecular weight excluding hydrogens is 403 g/mol. The van der Waals surface area contributed by atoms with E-state index in [0.717, 1.165) is 38.9 Å². The summed E-state index contributed by atoms with van der Waals surface area (Å²) < 4.78 is 5.70. The van der Waals surface area contributed by atoms with Crippen molar-refractivity contribution in [3.05, 3.63) is 0 Å². The van der Waals surface area contributed by atoms with Gasteiger partial charge in [0.05, 0.1) is 12.6 Å². The standard InChI is InChI=1S/C19H36N4O3.2ClH/c1-5-9-21-16(24)13-23-10-7-14(8-11-23)22-17(25)19(20)12-15(26-6-2)18(19,3)4;;/h14-15H,5-13,20H2,1-4H3,(H,21,24)(H,22,25);2*1H. The van der Waals surface area contributed by atoms with Crippen molar-refractivity contribution in [2.45, 2.75) is 71.1 Å². The van der Waals surface area contributed by atoms with Crippen molar-refractivity contribution in [1.82, 2.24) is 15.5 Å². The molecule has 0 spiro atoms. The van der Waals surface area contributed by atoms with E-state index in [1.807, 2.05) is 27.7 Å². The molecule has 2 atom stereocenters. The topological polar surface area (TPSA) is 96.7 Å². The van der Waals surface area contributed by atoms with Gasteiger partial charge in [-0.15, -0.1) is 24.8 Å². The summed E-state index contributed by atoms with van der Waals surface area (Å²) in [5.74, 6) is 0.00558. The second-order valence-electron chi connectivity index (χ2n) is 8.21. The van der Waals surface area contributed by atoms with Crippen molar-refractivity contribution in [3.8, 4) is 0 Å². The Bertz CT molecular complexity index is 513. The van der Waals surface area contributed by atoms with Gasteiger partial charge in [0, 0.05) is 44.1 Å². The summed E-state index contributed by atoms with van der Waals surface area (Å²) in [6, 6.07) is 0.125. The number of rotatable bonds is 8. The van der Waals surface area contributed by atoms with Gasteiger partial charge < -0.3 is 21.1 Å². The van der Waals surface area contributed by atoms with Gasteiger partial charge >= 0.3 is 0 Å². The minimum absolute atomic E-state index is 0. The van der Waals surface area contributed by atoms with Gasteiger partial charge in [-0.25, -0.2) is 0 Å². The number of halogens is 2. The number of nitrogens with two attached hydrogens (primary N) is 1. The predicted molar refractivity (Wildman–Crippen MR) is 116 cm³/mol. The SMILES string of the molecule is CCCNC(=O)CN1CCC(NC(=O)C2(N)CC(OCC)C2(C)C)CC1.Cl.Cl. The van der Waals surface area contributed by atoms with Crippen molar-refractivity contribution in [3.63, 3.8) is 0 Å². The first kappa shape index (κ1) is 27.4. The highest BCUT2D eigenvalue weighted by molar-refractivity contribution is 5.89. The van der Waals surface area contributed by atoms with Crippen LogP contribution in [0.25, 0.3) is 0 Å². The molecule has 2 rings (SSSR count). The Morgan fingerprint density at radius 2 is 1.79 bits per heavy atom. The third-order valence-electron chi connectivity index (χ3n) is 6.10. The zero-order valence-corrected chi connectivity index (χ0v) is 19.2. The van der Waals surface area contributed by atoms with Crippen molar-refractivity contribution >= 4 is 36.6 Å². The molecule has 0 bridgehead atoms. The summed E-state index contributed by atoms with van der Waals surface area (Å²) in [5.41, 5.74) is 5.21. The van der Waals surface area contributed by atoms with Gasteiger partial charge in [0.25, 0.3) is 0 Å². The third-order valence-corrected chi connectivity index (χ3v) is 6.10. The van der Waals surface area contributed by atoms with Crippen LogP contribution in [-0.2, 0) is 14.3 Å². The molecule has 1 aliphatic carbocycles. The fourth-order valence-electron chi connectivity index (χ4n) is 3.89. The van der Waals surface area contributed by atoms with Gasteiger partial charge in [0.2, 0.25) is 11.8 Å². The van der Waals surface area contributed by atoms with E-state index in [4.69, 9.17) is 10.5 Å². The van der Waals surface area contributed by atoms with Crippen LogP contribution in [0, 0.1) is 5.41 Å². The maximum atomic E-state index is 12.8. The molecule has 2 amide bonds. The van der Waals surface area contributed by atoms with E-state index in [2.05, 4.69) is 15.5 Å². The first-order chi connectivity index (χ1) is 12.2. The van der Waals surface area contributed by atoms with Gasteiger partial charge in [0.15, 0.2) is 0 Å². The lowest BCUT2D eigenvalue weighted by atomic mass is 9.54. The summed E-state index contributed by atoms with van der Waals surface area (Å²) in [6.07, 6.45) is 3.24. The van der Waals surface area contributed by atoms with Crippen LogP contribution in [0.15, 0.2) is 0 Å². The van der Waals surface area contributed by atoms with Crippen LogP contribution in [0.2, 0.25) is 0 Å². The molecule has 0 aromatic carbocycles. The van der Waals surface area contributed by atoms with Crippen LogP contribution >= 0.6 is 24.8 Å². The molecule has 9 heteroatoms. The number of nitrogens with one attached hydrogen (secondary N) is 2. The van der Waals surface area contributed by atoms with Gasteiger partial charge in [-0.1, -0.05) is 20.8 Å². The Morgan fingerprint density at radius 3 is 2.29 bits per heavy atom. The number of ether oxygens (including phenoxy) is 1. The molecule has 7 nitrogen and oxygen atoms in total. The molecule has 28 heavy (non-hydrogen) atoms. The quantitative estimate of drug-likeness (QED) is 0.530. The highest BCUT2D eigenvalue weighted by atomic mass is 35.5. The van der Waals surface area contributed by atoms with Crippen molar-refractivity contribution in [2.24, 2.45) is 11.1 Å². The Kier molecular flexibility index (Phi) is 11.3. The normalized spacial score (nSPS) is 27.0. The number of piperidine rings is 1. The van der Waals surface area contributed by atoms with Crippen LogP contribution in [0.5, 0.6) is 0 Å². The molecule has 2 unspecified atom stereocenters. The number of hydrogen-bond acceptors (Lipinski definition) is 5. The summed E-state index contributed by atoms with van der Waals surface area (Å²) >= 11 is 0. The largest absolute Gasteiger partial charge is 0.378 e. The van der Waals surface area contributed by atoms with E-state index in [1.54, 1.807) is 0 Å². The van der Waals surface area contributed by atoms with E-state index in [9.17, 15) is 9.59 Å². The number of carbonyl (C=O) groups is 2. The third kappa shape index (κ3) is 5.95. The zero-order valence-electron chi connectivity index (χ0n) is 17.6. The van der Waals surface area contributed by atoms with E-state index in [1.165, 1.54) is 0 Å². The number of carbonyl (C=O) groups excluding carboxylic acids is 2. The maximum Gasteiger partial charge on any atom is 0.241 e. The molecule has 166 valence electrons. The molecule has 0 aromatic rings. The summed E-state index contributed by atoms with van der Waals surface area (Å²) in [6.45, 7) is 11.4. The molecule has 4 N–H and O–H groups in total. The lowest BCUT2D eigenvalue weighted by molar-refractivity contribution is -0.171. The van der Waals surface area contributed by atoms with Gasteiger partial charge in [-0.2, -0.15) is 0 Å². The maximum absolute atomic E-state index is 12.8. The van der Waals surface area contributed by atoms with E-state index < -0.39 is 5.54 Å². The average Bonchev–Trinajstić information content (AvgIpc) is 2.61. The number of likely N-dealkylation sites (tertiary alicyclic amines) is 1. The summed E-state index contributed by atoms with van der Waals surface area (Å²) in [7, 11) is 0. The second kappa shape index (κ2) is 11.6. The van der Waals surface area contributed by atoms with Gasteiger partial charge in [-0.05, 0) is 26.2 Å². The molecule has 1 saturated carbocycles. The van der Waals surface area contributed by atoms with Crippen molar-refractivity contribution < 1.29 is 14.3 Å². The Balaban J connectivity index is 0.00000364. The second-order valence-corrected chi connectivity index (χ2v) is 8.21. The van der Waals surface area contributed by atoms with Crippen LogP contribution in [-0.4, -0.2) is 67.2 Å². The summed E-state index contributed by atoms with van der Waals surface area (Å²) in [4.78, 5) is 26.7. The van der Waals surface area contributed by atoms with E-state index in [-0.39, 0.29) is 54.2 Å². The Hall–Kier alpha value is -0.600. The lowest BCUT2D eigenvalue weighted by Crippen LogP contribution is -2.76. The summed E-state index contributed by atoms with van der Waals surface area (Å²) in [5, 5.41) is 6.04. The molecular formula is C19H38Cl2N4O3. The van der Waals surface area contributed by atoms with E-state index in [0.29, 0.717) is 19.6 Å². The number of amides is 2. The van der Waals surface area contributed by atoms with Crippen LogP contribution < -0.4 is 16.4 Å². The highest BCUT2D eigenvalue weighted by Crippen LogP contribution is 2.49. The zero-order chi connectivity index (χ0) is 19.4. The molecule has 2 fully saturated rings. The first-order valence-corrected chi connectivity index (χ1v) is 9.95. The first-order valence-electron chi connectivity index (χ1n) is 9.95. The lowest BCUT2D eigenvalue weighted by Gasteiger charge is -2.57. The minimum Gasteiger partial charge on any atom is -0.378 e. The Labute approximate surface area is 181 Å². The molecule has 1 heterocycles. The Morgan fingerprint density at radius 1 is 1.18 bits per heavy atom. The predicted octanol–water partition coefficient (Wildman–Crippen LogP) is 1.47. The van der Waals surface area contributed by atoms with Crippen molar-refractivity contribution in [2.75, 3.05) is 32.8 Å².